The molecule has 0 spiro atoms. The van der Waals surface area contributed by atoms with Crippen LogP contribution in [0.3, 0.4) is 0 Å². The fourth-order valence-corrected chi connectivity index (χ4v) is 2.44. The van der Waals surface area contributed by atoms with Gasteiger partial charge < -0.3 is 19.8 Å². The van der Waals surface area contributed by atoms with Crippen molar-refractivity contribution >= 4 is 12.0 Å². The summed E-state index contributed by atoms with van der Waals surface area (Å²) in [5, 5.41) is 8.59. The molecule has 1 N–H and O–H groups in total. The summed E-state index contributed by atoms with van der Waals surface area (Å²) in [5.41, 5.74) is 0. The lowest BCUT2D eigenvalue weighted by Gasteiger charge is -2.37. The Bertz CT molecular complexity index is 322. The van der Waals surface area contributed by atoms with Crippen molar-refractivity contribution in [3.8, 4) is 0 Å². The number of likely N-dealkylation sites (tertiary alicyclic amines) is 1. The minimum absolute atomic E-state index is 0.0225. The second-order valence-electron chi connectivity index (χ2n) is 5.37. The minimum Gasteiger partial charge on any atom is -0.481 e. The first-order valence-electron chi connectivity index (χ1n) is 6.80. The predicted octanol–water partition coefficient (Wildman–Crippen LogP) is 0.929. The highest BCUT2D eigenvalue weighted by Gasteiger charge is 2.26. The van der Waals surface area contributed by atoms with E-state index in [2.05, 4.69) is 11.9 Å². The first-order valence-corrected chi connectivity index (χ1v) is 6.80. The van der Waals surface area contributed by atoms with Crippen molar-refractivity contribution in [2.24, 2.45) is 0 Å². The number of carboxylic acids is 1. The molecule has 1 atom stereocenters. The Morgan fingerprint density at radius 1 is 1.37 bits per heavy atom. The van der Waals surface area contributed by atoms with Crippen LogP contribution in [-0.2, 0) is 4.79 Å². The van der Waals surface area contributed by atoms with Crippen LogP contribution in [0.1, 0.15) is 25.7 Å². The maximum atomic E-state index is 12.2. The summed E-state index contributed by atoms with van der Waals surface area (Å²) in [6, 6.07) is 0.235. The molecule has 0 bridgehead atoms. The van der Waals surface area contributed by atoms with E-state index in [-0.39, 0.29) is 18.5 Å². The van der Waals surface area contributed by atoms with Gasteiger partial charge in [0.1, 0.15) is 0 Å². The number of rotatable bonds is 5. The summed E-state index contributed by atoms with van der Waals surface area (Å²) in [4.78, 5) is 28.3. The second kappa shape index (κ2) is 7.33. The molecule has 1 rings (SSSR count). The molecule has 1 unspecified atom stereocenters. The van der Waals surface area contributed by atoms with Crippen LogP contribution in [-0.4, -0.2) is 78.6 Å². The highest BCUT2D eigenvalue weighted by Crippen LogP contribution is 2.14. The molecule has 110 valence electrons. The first-order chi connectivity index (χ1) is 8.91. The molecule has 0 saturated carbocycles. The maximum absolute atomic E-state index is 12.2. The molecule has 19 heavy (non-hydrogen) atoms. The number of aliphatic carboxylic acids is 1. The first kappa shape index (κ1) is 15.8. The SMILES string of the molecule is CN1CCCC(N(C)C(=O)N(C)CCCC(=O)O)C1. The number of carboxylic acid groups (broad SMARTS) is 1. The summed E-state index contributed by atoms with van der Waals surface area (Å²) in [6.07, 6.45) is 2.75. The van der Waals surface area contributed by atoms with Crippen molar-refractivity contribution in [2.75, 3.05) is 40.8 Å². The van der Waals surface area contributed by atoms with Crippen molar-refractivity contribution in [3.63, 3.8) is 0 Å². The minimum atomic E-state index is -0.817. The van der Waals surface area contributed by atoms with E-state index in [0.717, 1.165) is 25.9 Å². The average molecular weight is 271 g/mol. The van der Waals surface area contributed by atoms with Crippen LogP contribution in [0, 0.1) is 0 Å². The number of carbonyl (C=O) groups is 2. The van der Waals surface area contributed by atoms with Crippen LogP contribution in [0.15, 0.2) is 0 Å². The molecule has 1 heterocycles. The second-order valence-corrected chi connectivity index (χ2v) is 5.37. The van der Waals surface area contributed by atoms with Crippen LogP contribution in [0.4, 0.5) is 4.79 Å². The van der Waals surface area contributed by atoms with Gasteiger partial charge in [-0.25, -0.2) is 4.79 Å². The van der Waals surface area contributed by atoms with E-state index in [1.54, 1.807) is 16.8 Å². The van der Waals surface area contributed by atoms with E-state index < -0.39 is 5.97 Å². The number of amides is 2. The van der Waals surface area contributed by atoms with E-state index in [9.17, 15) is 9.59 Å². The van der Waals surface area contributed by atoms with Gasteiger partial charge in [-0.05, 0) is 32.9 Å². The monoisotopic (exact) mass is 271 g/mol. The number of hydrogen-bond donors (Lipinski definition) is 1. The molecule has 0 aromatic rings. The lowest BCUT2D eigenvalue weighted by molar-refractivity contribution is -0.137. The van der Waals surface area contributed by atoms with Crippen LogP contribution in [0.25, 0.3) is 0 Å². The number of urea groups is 1. The fraction of sp³-hybridized carbons (Fsp3) is 0.846. The summed E-state index contributed by atoms with van der Waals surface area (Å²) >= 11 is 0. The molecular weight excluding hydrogens is 246 g/mol. The highest BCUT2D eigenvalue weighted by atomic mass is 16.4. The summed E-state index contributed by atoms with van der Waals surface area (Å²) in [5.74, 6) is -0.817. The largest absolute Gasteiger partial charge is 0.481 e. The molecule has 0 aromatic heterocycles. The summed E-state index contributed by atoms with van der Waals surface area (Å²) in [6.45, 7) is 2.48. The van der Waals surface area contributed by atoms with Crippen molar-refractivity contribution in [3.05, 3.63) is 0 Å². The Balaban J connectivity index is 2.39. The molecule has 0 radical (unpaired) electrons. The number of carbonyl (C=O) groups excluding carboxylic acids is 1. The van der Waals surface area contributed by atoms with Crippen LogP contribution in [0.2, 0.25) is 0 Å². The summed E-state index contributed by atoms with van der Waals surface area (Å²) in [7, 11) is 5.63. The zero-order chi connectivity index (χ0) is 14.4. The zero-order valence-electron chi connectivity index (χ0n) is 12.1. The Kier molecular flexibility index (Phi) is 6.08. The van der Waals surface area contributed by atoms with Gasteiger partial charge in [-0.15, -0.1) is 0 Å². The van der Waals surface area contributed by atoms with E-state index in [4.69, 9.17) is 5.11 Å². The van der Waals surface area contributed by atoms with Crippen LogP contribution in [0.5, 0.6) is 0 Å². The molecule has 1 aliphatic rings. The average Bonchev–Trinajstić information content (AvgIpc) is 2.36. The molecule has 0 aromatic carbocycles. The van der Waals surface area contributed by atoms with Gasteiger partial charge in [-0.2, -0.15) is 0 Å². The van der Waals surface area contributed by atoms with Gasteiger partial charge in [-0.1, -0.05) is 0 Å². The number of piperidine rings is 1. The summed E-state index contributed by atoms with van der Waals surface area (Å²) < 4.78 is 0. The third kappa shape index (κ3) is 5.06. The topological polar surface area (TPSA) is 64.1 Å². The smallest absolute Gasteiger partial charge is 0.319 e. The number of likely N-dealkylation sites (N-methyl/N-ethyl adjacent to an activating group) is 2. The molecular formula is C13H25N3O3. The number of nitrogens with zero attached hydrogens (tertiary/aromatic N) is 3. The normalized spacial score (nSPS) is 20.1. The van der Waals surface area contributed by atoms with E-state index >= 15 is 0 Å². The van der Waals surface area contributed by atoms with Crippen molar-refractivity contribution < 1.29 is 14.7 Å². The van der Waals surface area contributed by atoms with Crippen LogP contribution >= 0.6 is 0 Å². The van der Waals surface area contributed by atoms with Gasteiger partial charge in [0.05, 0.1) is 0 Å². The molecule has 6 nitrogen and oxygen atoms in total. The van der Waals surface area contributed by atoms with E-state index in [1.165, 1.54) is 0 Å². The number of hydrogen-bond acceptors (Lipinski definition) is 3. The Hall–Kier alpha value is -1.30. The van der Waals surface area contributed by atoms with Gasteiger partial charge >= 0.3 is 12.0 Å². The van der Waals surface area contributed by atoms with Crippen LogP contribution < -0.4 is 0 Å². The molecule has 1 aliphatic heterocycles. The highest BCUT2D eigenvalue weighted by molar-refractivity contribution is 5.74. The van der Waals surface area contributed by atoms with Crippen molar-refractivity contribution in [1.82, 2.24) is 14.7 Å². The fourth-order valence-electron chi connectivity index (χ4n) is 2.44. The zero-order valence-corrected chi connectivity index (χ0v) is 12.1. The third-order valence-electron chi connectivity index (χ3n) is 3.66. The quantitative estimate of drug-likeness (QED) is 0.808. The standard InChI is InChI=1S/C13H25N3O3/c1-14-8-4-6-11(10-14)16(3)13(19)15(2)9-5-7-12(17)18/h11H,4-10H2,1-3H3,(H,17,18). The Morgan fingerprint density at radius 2 is 2.05 bits per heavy atom. The molecule has 1 fully saturated rings. The predicted molar refractivity (Wildman–Crippen MR) is 73.2 cm³/mol. The third-order valence-corrected chi connectivity index (χ3v) is 3.66. The maximum Gasteiger partial charge on any atom is 0.319 e. The van der Waals surface area contributed by atoms with Gasteiger partial charge in [0, 0.05) is 39.6 Å². The van der Waals surface area contributed by atoms with Crippen molar-refractivity contribution in [2.45, 2.75) is 31.7 Å². The van der Waals surface area contributed by atoms with Gasteiger partial charge in [0.2, 0.25) is 0 Å². The lowest BCUT2D eigenvalue weighted by Crippen LogP contribution is -2.50. The molecule has 6 heteroatoms. The van der Waals surface area contributed by atoms with E-state index in [1.807, 2.05) is 7.05 Å². The van der Waals surface area contributed by atoms with Gasteiger partial charge in [0.25, 0.3) is 0 Å². The lowest BCUT2D eigenvalue weighted by atomic mass is 10.1. The molecule has 2 amide bonds. The molecule has 1 saturated heterocycles. The Morgan fingerprint density at radius 3 is 2.63 bits per heavy atom. The molecule has 0 aliphatic carbocycles. The Labute approximate surface area is 115 Å². The van der Waals surface area contributed by atoms with Gasteiger partial charge in [0.15, 0.2) is 0 Å². The van der Waals surface area contributed by atoms with Gasteiger partial charge in [-0.3, -0.25) is 4.79 Å². The van der Waals surface area contributed by atoms with E-state index in [0.29, 0.717) is 13.0 Å². The van der Waals surface area contributed by atoms with Crippen molar-refractivity contribution in [1.29, 1.82) is 0 Å².